The van der Waals surface area contributed by atoms with Crippen LogP contribution in [0.25, 0.3) is 11.0 Å². The summed E-state index contributed by atoms with van der Waals surface area (Å²) in [7, 11) is 3.92. The van der Waals surface area contributed by atoms with Crippen LogP contribution >= 0.6 is 11.6 Å². The van der Waals surface area contributed by atoms with Gasteiger partial charge in [-0.1, -0.05) is 11.6 Å². The molecule has 1 aliphatic rings. The van der Waals surface area contributed by atoms with Gasteiger partial charge in [-0.15, -0.1) is 0 Å². The van der Waals surface area contributed by atoms with E-state index in [9.17, 15) is 0 Å². The van der Waals surface area contributed by atoms with Crippen molar-refractivity contribution in [1.29, 1.82) is 0 Å². The van der Waals surface area contributed by atoms with E-state index in [4.69, 9.17) is 26.1 Å². The molecule has 2 aromatic carbocycles. The molecular weight excluding hydrogens is 398 g/mol. The maximum atomic E-state index is 6.00. The number of nitrogens with zero attached hydrogens (tertiary/aromatic N) is 3. The van der Waals surface area contributed by atoms with Crippen LogP contribution in [-0.4, -0.2) is 41.7 Å². The minimum absolute atomic E-state index is 0.421. The standard InChI is InChI=1S/C24H30ClN3O2/c1-27-13-3-5-18(16-27)6-4-14-28-23-12-11-21(29-2)15-22(23)26-24(28)17-30-20-9-7-19(25)8-10-20/h7-12,15,18H,3-6,13-14,16-17H2,1-2H3. The predicted molar refractivity (Wildman–Crippen MR) is 122 cm³/mol. The normalized spacial score (nSPS) is 17.4. The molecular formula is C24H30ClN3O2. The first kappa shape index (κ1) is 21.0. The predicted octanol–water partition coefficient (Wildman–Crippen LogP) is 5.40. The van der Waals surface area contributed by atoms with Gasteiger partial charge in [0.2, 0.25) is 0 Å². The van der Waals surface area contributed by atoms with Crippen LogP contribution in [-0.2, 0) is 13.2 Å². The second-order valence-electron chi connectivity index (χ2n) is 8.19. The largest absolute Gasteiger partial charge is 0.497 e. The second-order valence-corrected chi connectivity index (χ2v) is 8.63. The fourth-order valence-electron chi connectivity index (χ4n) is 4.37. The highest BCUT2D eigenvalue weighted by atomic mass is 35.5. The highest BCUT2D eigenvalue weighted by molar-refractivity contribution is 6.30. The minimum Gasteiger partial charge on any atom is -0.497 e. The fourth-order valence-corrected chi connectivity index (χ4v) is 4.50. The number of hydrogen-bond acceptors (Lipinski definition) is 4. The number of rotatable bonds is 8. The summed E-state index contributed by atoms with van der Waals surface area (Å²) in [6, 6.07) is 13.5. The number of benzene rings is 2. The fraction of sp³-hybridized carbons (Fsp3) is 0.458. The molecule has 6 heteroatoms. The molecule has 1 fully saturated rings. The van der Waals surface area contributed by atoms with Crippen molar-refractivity contribution in [2.45, 2.75) is 38.8 Å². The van der Waals surface area contributed by atoms with Crippen LogP contribution in [0.5, 0.6) is 11.5 Å². The quantitative estimate of drug-likeness (QED) is 0.482. The molecule has 4 rings (SSSR count). The van der Waals surface area contributed by atoms with Crippen LogP contribution in [0.4, 0.5) is 0 Å². The van der Waals surface area contributed by atoms with Gasteiger partial charge < -0.3 is 18.9 Å². The Kier molecular flexibility index (Phi) is 6.80. The Morgan fingerprint density at radius 3 is 2.70 bits per heavy atom. The van der Waals surface area contributed by atoms with Crippen molar-refractivity contribution in [2.24, 2.45) is 5.92 Å². The topological polar surface area (TPSA) is 39.5 Å². The van der Waals surface area contributed by atoms with Gasteiger partial charge in [0.1, 0.15) is 23.9 Å². The van der Waals surface area contributed by atoms with Crippen LogP contribution in [0.1, 0.15) is 31.5 Å². The zero-order valence-electron chi connectivity index (χ0n) is 17.8. The molecule has 0 amide bonds. The van der Waals surface area contributed by atoms with Gasteiger partial charge in [-0.05, 0) is 81.6 Å². The van der Waals surface area contributed by atoms with Crippen LogP contribution in [0.15, 0.2) is 42.5 Å². The molecule has 0 saturated carbocycles. The molecule has 1 aliphatic heterocycles. The van der Waals surface area contributed by atoms with E-state index >= 15 is 0 Å². The highest BCUT2D eigenvalue weighted by Gasteiger charge is 2.18. The van der Waals surface area contributed by atoms with Gasteiger partial charge in [0.15, 0.2) is 0 Å². The van der Waals surface area contributed by atoms with E-state index in [-0.39, 0.29) is 0 Å². The molecule has 160 valence electrons. The first-order valence-electron chi connectivity index (χ1n) is 10.7. The monoisotopic (exact) mass is 427 g/mol. The first-order valence-corrected chi connectivity index (χ1v) is 11.1. The van der Waals surface area contributed by atoms with E-state index in [0.717, 1.165) is 47.2 Å². The Labute approximate surface area is 183 Å². The lowest BCUT2D eigenvalue weighted by atomic mass is 9.94. The number of aryl methyl sites for hydroxylation is 1. The van der Waals surface area contributed by atoms with E-state index in [1.165, 1.54) is 32.4 Å². The molecule has 1 atom stereocenters. The Hall–Kier alpha value is -2.24. The molecule has 0 aliphatic carbocycles. The molecule has 5 nitrogen and oxygen atoms in total. The summed E-state index contributed by atoms with van der Waals surface area (Å²) in [5.41, 5.74) is 2.08. The van der Waals surface area contributed by atoms with Crippen molar-refractivity contribution in [3.8, 4) is 11.5 Å². The number of hydrogen-bond donors (Lipinski definition) is 0. The first-order chi connectivity index (χ1) is 14.6. The number of fused-ring (bicyclic) bond motifs is 1. The van der Waals surface area contributed by atoms with Crippen molar-refractivity contribution >= 4 is 22.6 Å². The maximum Gasteiger partial charge on any atom is 0.148 e. The molecule has 1 unspecified atom stereocenters. The van der Waals surface area contributed by atoms with E-state index in [0.29, 0.717) is 11.6 Å². The summed E-state index contributed by atoms with van der Waals surface area (Å²) in [6.07, 6.45) is 5.05. The third-order valence-corrected chi connectivity index (χ3v) is 6.18. The molecule has 1 aromatic heterocycles. The number of likely N-dealkylation sites (tertiary alicyclic amines) is 1. The van der Waals surface area contributed by atoms with E-state index in [2.05, 4.69) is 22.6 Å². The minimum atomic E-state index is 0.421. The number of ether oxygens (including phenoxy) is 2. The number of aromatic nitrogens is 2. The van der Waals surface area contributed by atoms with Gasteiger partial charge in [-0.25, -0.2) is 4.98 Å². The van der Waals surface area contributed by atoms with Crippen molar-refractivity contribution < 1.29 is 9.47 Å². The third kappa shape index (κ3) is 5.08. The molecule has 0 spiro atoms. The SMILES string of the molecule is COc1ccc2c(c1)nc(COc1ccc(Cl)cc1)n2CCCC1CCCN(C)C1. The number of halogens is 1. The summed E-state index contributed by atoms with van der Waals surface area (Å²) in [4.78, 5) is 7.31. The van der Waals surface area contributed by atoms with E-state index in [1.54, 1.807) is 7.11 Å². The van der Waals surface area contributed by atoms with Crippen molar-refractivity contribution in [1.82, 2.24) is 14.5 Å². The van der Waals surface area contributed by atoms with Crippen LogP contribution in [0.3, 0.4) is 0 Å². The number of methoxy groups -OCH3 is 1. The average Bonchev–Trinajstić information content (AvgIpc) is 3.10. The van der Waals surface area contributed by atoms with Crippen LogP contribution in [0.2, 0.25) is 5.02 Å². The zero-order chi connectivity index (χ0) is 20.9. The lowest BCUT2D eigenvalue weighted by Crippen LogP contribution is -2.32. The van der Waals surface area contributed by atoms with Gasteiger partial charge in [-0.3, -0.25) is 0 Å². The highest BCUT2D eigenvalue weighted by Crippen LogP contribution is 2.25. The number of piperidine rings is 1. The zero-order valence-corrected chi connectivity index (χ0v) is 18.6. The average molecular weight is 428 g/mol. The van der Waals surface area contributed by atoms with E-state index < -0.39 is 0 Å². The van der Waals surface area contributed by atoms with Crippen molar-refractivity contribution in [3.05, 3.63) is 53.3 Å². The van der Waals surface area contributed by atoms with Gasteiger partial charge in [0.25, 0.3) is 0 Å². The van der Waals surface area contributed by atoms with Gasteiger partial charge in [0.05, 0.1) is 18.1 Å². The molecule has 0 radical (unpaired) electrons. The van der Waals surface area contributed by atoms with Gasteiger partial charge in [-0.2, -0.15) is 0 Å². The summed E-state index contributed by atoms with van der Waals surface area (Å²) in [5.74, 6) is 3.35. The molecule has 0 bridgehead atoms. The Morgan fingerprint density at radius 2 is 1.93 bits per heavy atom. The second kappa shape index (κ2) is 9.71. The van der Waals surface area contributed by atoms with Crippen molar-refractivity contribution in [2.75, 3.05) is 27.2 Å². The van der Waals surface area contributed by atoms with Gasteiger partial charge >= 0.3 is 0 Å². The Morgan fingerprint density at radius 1 is 1.13 bits per heavy atom. The Bertz CT molecular complexity index is 970. The summed E-state index contributed by atoms with van der Waals surface area (Å²) >= 11 is 5.98. The molecule has 30 heavy (non-hydrogen) atoms. The van der Waals surface area contributed by atoms with Crippen molar-refractivity contribution in [3.63, 3.8) is 0 Å². The lowest BCUT2D eigenvalue weighted by Gasteiger charge is -2.29. The summed E-state index contributed by atoms with van der Waals surface area (Å²) in [6.45, 7) is 3.82. The van der Waals surface area contributed by atoms with Crippen LogP contribution < -0.4 is 9.47 Å². The number of imidazole rings is 1. The molecule has 3 aromatic rings. The molecule has 1 saturated heterocycles. The van der Waals surface area contributed by atoms with E-state index in [1.807, 2.05) is 36.4 Å². The molecule has 0 N–H and O–H groups in total. The Balaban J connectivity index is 1.49. The van der Waals surface area contributed by atoms with Gasteiger partial charge in [0, 0.05) is 24.2 Å². The smallest absolute Gasteiger partial charge is 0.148 e. The summed E-state index contributed by atoms with van der Waals surface area (Å²) < 4.78 is 13.7. The third-order valence-electron chi connectivity index (χ3n) is 5.93. The maximum absolute atomic E-state index is 6.00. The molecule has 2 heterocycles. The van der Waals surface area contributed by atoms with Crippen LogP contribution in [0, 0.1) is 5.92 Å². The lowest BCUT2D eigenvalue weighted by molar-refractivity contribution is 0.198. The summed E-state index contributed by atoms with van der Waals surface area (Å²) in [5, 5.41) is 0.704.